The normalized spacial score (nSPS) is 16.9. The van der Waals surface area contributed by atoms with Crippen molar-refractivity contribution in [1.29, 1.82) is 0 Å². The molecule has 1 amide bonds. The fourth-order valence-corrected chi connectivity index (χ4v) is 2.94. The summed E-state index contributed by atoms with van der Waals surface area (Å²) in [6.45, 7) is 11.3. The molecule has 0 saturated carbocycles. The van der Waals surface area contributed by atoms with Gasteiger partial charge in [-0.15, -0.1) is 0 Å². The first-order chi connectivity index (χ1) is 10.5. The third-order valence-electron chi connectivity index (χ3n) is 4.59. The van der Waals surface area contributed by atoms with Crippen LogP contribution in [0.15, 0.2) is 12.1 Å². The zero-order valence-electron chi connectivity index (χ0n) is 14.3. The number of rotatable bonds is 5. The van der Waals surface area contributed by atoms with Crippen molar-refractivity contribution in [2.75, 3.05) is 39.9 Å². The Balaban J connectivity index is 2.00. The third kappa shape index (κ3) is 4.31. The van der Waals surface area contributed by atoms with Gasteiger partial charge in [0.1, 0.15) is 0 Å². The number of hydrogen-bond donors (Lipinski definition) is 0. The average Bonchev–Trinajstić information content (AvgIpc) is 2.65. The first-order valence-corrected chi connectivity index (χ1v) is 8.07. The van der Waals surface area contributed by atoms with E-state index in [4.69, 9.17) is 4.74 Å². The molecular formula is C18H28N2O2. The molecule has 4 heteroatoms. The van der Waals surface area contributed by atoms with Gasteiger partial charge in [-0.3, -0.25) is 9.69 Å². The first kappa shape index (κ1) is 17.0. The van der Waals surface area contributed by atoms with Crippen molar-refractivity contribution < 1.29 is 9.53 Å². The Morgan fingerprint density at radius 3 is 2.50 bits per heavy atom. The summed E-state index contributed by atoms with van der Waals surface area (Å²) in [6, 6.07) is 4.55. The van der Waals surface area contributed by atoms with Crippen LogP contribution in [0.25, 0.3) is 0 Å². The second-order valence-corrected chi connectivity index (χ2v) is 6.26. The first-order valence-electron chi connectivity index (χ1n) is 8.07. The summed E-state index contributed by atoms with van der Waals surface area (Å²) >= 11 is 0. The lowest BCUT2D eigenvalue weighted by molar-refractivity contribution is -0.130. The highest BCUT2D eigenvalue weighted by atomic mass is 16.5. The van der Waals surface area contributed by atoms with Crippen LogP contribution in [0.5, 0.6) is 0 Å². The van der Waals surface area contributed by atoms with Crippen LogP contribution in [0, 0.1) is 20.8 Å². The standard InChI is InChI=1S/C18H28N2O2/c1-14-11-16(3)17(12-15(14)2)13-19-6-5-18(21)20(8-7-19)9-10-22-4/h11-12H,5-10,13H2,1-4H3. The third-order valence-corrected chi connectivity index (χ3v) is 4.59. The van der Waals surface area contributed by atoms with Crippen LogP contribution in [0.1, 0.15) is 28.7 Å². The molecule has 0 radical (unpaired) electrons. The predicted octanol–water partition coefficient (Wildman–Crippen LogP) is 2.29. The van der Waals surface area contributed by atoms with Gasteiger partial charge in [-0.05, 0) is 43.0 Å². The van der Waals surface area contributed by atoms with E-state index in [2.05, 4.69) is 37.8 Å². The molecule has 4 nitrogen and oxygen atoms in total. The summed E-state index contributed by atoms with van der Waals surface area (Å²) in [5.74, 6) is 0.247. The maximum Gasteiger partial charge on any atom is 0.223 e. The fraction of sp³-hybridized carbons (Fsp3) is 0.611. The number of amides is 1. The Bertz CT molecular complexity index is 528. The van der Waals surface area contributed by atoms with Gasteiger partial charge in [0.15, 0.2) is 0 Å². The van der Waals surface area contributed by atoms with Crippen molar-refractivity contribution >= 4 is 5.91 Å². The molecule has 0 atom stereocenters. The van der Waals surface area contributed by atoms with E-state index < -0.39 is 0 Å². The Morgan fingerprint density at radius 1 is 1.05 bits per heavy atom. The molecule has 0 N–H and O–H groups in total. The Kier molecular flexibility index (Phi) is 5.98. The number of methoxy groups -OCH3 is 1. The Labute approximate surface area is 134 Å². The number of nitrogens with zero attached hydrogens (tertiary/aromatic N) is 2. The van der Waals surface area contributed by atoms with Gasteiger partial charge in [0.05, 0.1) is 6.61 Å². The monoisotopic (exact) mass is 304 g/mol. The van der Waals surface area contributed by atoms with Gasteiger partial charge in [0.25, 0.3) is 0 Å². The van der Waals surface area contributed by atoms with E-state index in [-0.39, 0.29) is 5.91 Å². The molecule has 0 unspecified atom stereocenters. The number of aryl methyl sites for hydroxylation is 3. The van der Waals surface area contributed by atoms with Crippen LogP contribution >= 0.6 is 0 Å². The van der Waals surface area contributed by atoms with Crippen LogP contribution in [0.2, 0.25) is 0 Å². The zero-order chi connectivity index (χ0) is 16.1. The topological polar surface area (TPSA) is 32.8 Å². The largest absolute Gasteiger partial charge is 0.383 e. The summed E-state index contributed by atoms with van der Waals surface area (Å²) in [5.41, 5.74) is 5.40. The second-order valence-electron chi connectivity index (χ2n) is 6.26. The minimum atomic E-state index is 0.247. The lowest BCUT2D eigenvalue weighted by Crippen LogP contribution is -2.35. The van der Waals surface area contributed by atoms with Crippen molar-refractivity contribution in [3.63, 3.8) is 0 Å². The van der Waals surface area contributed by atoms with Crippen LogP contribution in [-0.4, -0.2) is 55.6 Å². The second kappa shape index (κ2) is 7.75. The number of benzene rings is 1. The number of carbonyl (C=O) groups excluding carboxylic acids is 1. The van der Waals surface area contributed by atoms with Gasteiger partial charge in [0.2, 0.25) is 5.91 Å². The molecule has 1 fully saturated rings. The maximum atomic E-state index is 12.1. The molecule has 0 bridgehead atoms. The highest BCUT2D eigenvalue weighted by Crippen LogP contribution is 2.18. The zero-order valence-corrected chi connectivity index (χ0v) is 14.3. The highest BCUT2D eigenvalue weighted by Gasteiger charge is 2.21. The van der Waals surface area contributed by atoms with Gasteiger partial charge in [-0.1, -0.05) is 12.1 Å². The molecule has 1 aliphatic rings. The summed E-state index contributed by atoms with van der Waals surface area (Å²) in [6.07, 6.45) is 0.605. The van der Waals surface area contributed by atoms with E-state index in [0.29, 0.717) is 19.6 Å². The summed E-state index contributed by atoms with van der Waals surface area (Å²) in [7, 11) is 1.68. The quantitative estimate of drug-likeness (QED) is 0.837. The summed E-state index contributed by atoms with van der Waals surface area (Å²) < 4.78 is 5.09. The van der Waals surface area contributed by atoms with Crippen molar-refractivity contribution in [2.45, 2.75) is 33.7 Å². The molecule has 122 valence electrons. The van der Waals surface area contributed by atoms with E-state index in [9.17, 15) is 4.79 Å². The van der Waals surface area contributed by atoms with Crippen molar-refractivity contribution in [2.24, 2.45) is 0 Å². The van der Waals surface area contributed by atoms with E-state index in [1.165, 1.54) is 22.3 Å². The summed E-state index contributed by atoms with van der Waals surface area (Å²) in [5, 5.41) is 0. The molecule has 0 aliphatic carbocycles. The molecular weight excluding hydrogens is 276 g/mol. The molecule has 22 heavy (non-hydrogen) atoms. The lowest BCUT2D eigenvalue weighted by atomic mass is 10.0. The Morgan fingerprint density at radius 2 is 1.77 bits per heavy atom. The van der Waals surface area contributed by atoms with Crippen molar-refractivity contribution in [1.82, 2.24) is 9.80 Å². The molecule has 1 aliphatic heterocycles. The van der Waals surface area contributed by atoms with Crippen LogP contribution < -0.4 is 0 Å². The minimum Gasteiger partial charge on any atom is -0.383 e. The fourth-order valence-electron chi connectivity index (χ4n) is 2.94. The van der Waals surface area contributed by atoms with Crippen molar-refractivity contribution in [3.8, 4) is 0 Å². The average molecular weight is 304 g/mol. The van der Waals surface area contributed by atoms with Gasteiger partial charge >= 0.3 is 0 Å². The van der Waals surface area contributed by atoms with E-state index in [1.54, 1.807) is 7.11 Å². The van der Waals surface area contributed by atoms with Crippen LogP contribution in [0.4, 0.5) is 0 Å². The smallest absolute Gasteiger partial charge is 0.223 e. The molecule has 1 aromatic carbocycles. The minimum absolute atomic E-state index is 0.247. The van der Waals surface area contributed by atoms with Crippen molar-refractivity contribution in [3.05, 3.63) is 34.4 Å². The number of hydrogen-bond acceptors (Lipinski definition) is 3. The predicted molar refractivity (Wildman–Crippen MR) is 89.0 cm³/mol. The van der Waals surface area contributed by atoms with Gasteiger partial charge in [0, 0.05) is 46.3 Å². The van der Waals surface area contributed by atoms with E-state index in [1.807, 2.05) is 4.90 Å². The van der Waals surface area contributed by atoms with Crippen LogP contribution in [0.3, 0.4) is 0 Å². The molecule has 0 aromatic heterocycles. The SMILES string of the molecule is COCCN1CCN(Cc2cc(C)c(C)cc2C)CCC1=O. The molecule has 2 rings (SSSR count). The summed E-state index contributed by atoms with van der Waals surface area (Å²) in [4.78, 5) is 16.4. The van der Waals surface area contributed by atoms with Gasteiger partial charge in [-0.2, -0.15) is 0 Å². The molecule has 1 saturated heterocycles. The molecule has 1 aromatic rings. The lowest BCUT2D eigenvalue weighted by Gasteiger charge is -2.23. The van der Waals surface area contributed by atoms with Gasteiger partial charge < -0.3 is 9.64 Å². The highest BCUT2D eigenvalue weighted by molar-refractivity contribution is 5.76. The molecule has 0 spiro atoms. The number of carbonyl (C=O) groups is 1. The van der Waals surface area contributed by atoms with E-state index >= 15 is 0 Å². The van der Waals surface area contributed by atoms with Gasteiger partial charge in [-0.25, -0.2) is 0 Å². The molecule has 1 heterocycles. The maximum absolute atomic E-state index is 12.1. The van der Waals surface area contributed by atoms with E-state index in [0.717, 1.165) is 26.2 Å². The van der Waals surface area contributed by atoms with Crippen LogP contribution in [-0.2, 0) is 16.1 Å². The number of ether oxygens (including phenoxy) is 1. The Hall–Kier alpha value is -1.39.